The average molecular weight is 316 g/mol. The summed E-state index contributed by atoms with van der Waals surface area (Å²) < 4.78 is 25.9. The standard InChI is InChI=1S/C13H20N2O3S2/c1-10(2)15(7-8-16)20(17,18)9-11-3-5-12(6-4-11)13(14)19/h3-6,10,16H,7-9H2,1-2H3,(H2,14,19). The van der Waals surface area contributed by atoms with Crippen molar-refractivity contribution < 1.29 is 13.5 Å². The van der Waals surface area contributed by atoms with E-state index >= 15 is 0 Å². The highest BCUT2D eigenvalue weighted by atomic mass is 32.2. The number of aliphatic hydroxyl groups is 1. The van der Waals surface area contributed by atoms with Crippen LogP contribution in [0.1, 0.15) is 25.0 Å². The molecule has 0 bridgehead atoms. The van der Waals surface area contributed by atoms with Gasteiger partial charge in [-0.25, -0.2) is 8.42 Å². The van der Waals surface area contributed by atoms with Crippen molar-refractivity contribution in [3.05, 3.63) is 35.4 Å². The third-order valence-corrected chi connectivity index (χ3v) is 5.09. The highest BCUT2D eigenvalue weighted by Gasteiger charge is 2.24. The molecule has 0 spiro atoms. The Hall–Kier alpha value is -1.02. The molecule has 1 aromatic carbocycles. The van der Waals surface area contributed by atoms with Gasteiger partial charge in [0.25, 0.3) is 0 Å². The van der Waals surface area contributed by atoms with Crippen molar-refractivity contribution in [1.82, 2.24) is 4.31 Å². The van der Waals surface area contributed by atoms with Gasteiger partial charge in [0.05, 0.1) is 12.4 Å². The largest absolute Gasteiger partial charge is 0.395 e. The topological polar surface area (TPSA) is 83.6 Å². The van der Waals surface area contributed by atoms with Crippen molar-refractivity contribution in [3.8, 4) is 0 Å². The van der Waals surface area contributed by atoms with Crippen molar-refractivity contribution in [2.45, 2.75) is 25.6 Å². The molecule has 0 aliphatic heterocycles. The summed E-state index contributed by atoms with van der Waals surface area (Å²) in [5.41, 5.74) is 6.86. The van der Waals surface area contributed by atoms with E-state index in [0.29, 0.717) is 11.1 Å². The summed E-state index contributed by atoms with van der Waals surface area (Å²) in [6.45, 7) is 3.47. The van der Waals surface area contributed by atoms with Crippen LogP contribution in [0.25, 0.3) is 0 Å². The van der Waals surface area contributed by atoms with E-state index in [1.807, 2.05) is 0 Å². The van der Waals surface area contributed by atoms with Crippen LogP contribution in [0.3, 0.4) is 0 Å². The minimum absolute atomic E-state index is 0.102. The van der Waals surface area contributed by atoms with Gasteiger partial charge >= 0.3 is 0 Å². The van der Waals surface area contributed by atoms with Crippen molar-refractivity contribution in [1.29, 1.82) is 0 Å². The molecule has 7 heteroatoms. The molecule has 0 aromatic heterocycles. The first-order chi connectivity index (χ1) is 9.27. The zero-order valence-electron chi connectivity index (χ0n) is 11.6. The van der Waals surface area contributed by atoms with Crippen molar-refractivity contribution >= 4 is 27.2 Å². The van der Waals surface area contributed by atoms with Gasteiger partial charge in [-0.2, -0.15) is 4.31 Å². The van der Waals surface area contributed by atoms with Crippen molar-refractivity contribution in [2.24, 2.45) is 5.73 Å². The van der Waals surface area contributed by atoms with Gasteiger partial charge in [0.1, 0.15) is 4.99 Å². The Morgan fingerprint density at radius 2 is 1.90 bits per heavy atom. The Kier molecular flexibility index (Phi) is 6.07. The maximum atomic E-state index is 12.3. The summed E-state index contributed by atoms with van der Waals surface area (Å²) in [5, 5.41) is 8.98. The molecule has 3 N–H and O–H groups in total. The molecule has 0 fully saturated rings. The SMILES string of the molecule is CC(C)N(CCO)S(=O)(=O)Cc1ccc(C(N)=S)cc1. The number of benzene rings is 1. The lowest BCUT2D eigenvalue weighted by molar-refractivity contribution is 0.236. The lowest BCUT2D eigenvalue weighted by Crippen LogP contribution is -2.39. The summed E-state index contributed by atoms with van der Waals surface area (Å²) >= 11 is 4.85. The summed E-state index contributed by atoms with van der Waals surface area (Å²) in [5.74, 6) is -0.108. The maximum Gasteiger partial charge on any atom is 0.218 e. The predicted octanol–water partition coefficient (Wildman–Crippen LogP) is 0.853. The zero-order valence-corrected chi connectivity index (χ0v) is 13.2. The number of nitrogens with zero attached hydrogens (tertiary/aromatic N) is 1. The second kappa shape index (κ2) is 7.12. The van der Waals surface area contributed by atoms with Crippen LogP contribution in [-0.4, -0.2) is 42.0 Å². The zero-order chi connectivity index (χ0) is 15.3. The molecule has 20 heavy (non-hydrogen) atoms. The first kappa shape index (κ1) is 17.0. The molecule has 0 unspecified atom stereocenters. The van der Waals surface area contributed by atoms with Crippen LogP contribution >= 0.6 is 12.2 Å². The number of nitrogens with two attached hydrogens (primary N) is 1. The molecule has 0 aliphatic rings. The molecular weight excluding hydrogens is 296 g/mol. The van der Waals surface area contributed by atoms with Crippen LogP contribution in [0.15, 0.2) is 24.3 Å². The lowest BCUT2D eigenvalue weighted by atomic mass is 10.1. The van der Waals surface area contributed by atoms with E-state index in [0.717, 1.165) is 0 Å². The predicted molar refractivity (Wildman–Crippen MR) is 83.9 cm³/mol. The number of sulfonamides is 1. The van der Waals surface area contributed by atoms with E-state index in [1.54, 1.807) is 38.1 Å². The Morgan fingerprint density at radius 3 is 2.30 bits per heavy atom. The Bertz CT molecular complexity index is 553. The second-order valence-corrected chi connectivity index (χ2v) is 7.11. The van der Waals surface area contributed by atoms with E-state index < -0.39 is 10.0 Å². The fourth-order valence-corrected chi connectivity index (χ4v) is 3.79. The summed E-state index contributed by atoms with van der Waals surface area (Å²) in [4.78, 5) is 0.281. The normalized spacial score (nSPS) is 12.1. The second-order valence-electron chi connectivity index (χ2n) is 4.75. The van der Waals surface area contributed by atoms with Crippen LogP contribution in [-0.2, 0) is 15.8 Å². The maximum absolute atomic E-state index is 12.3. The molecule has 0 saturated heterocycles. The highest BCUT2D eigenvalue weighted by Crippen LogP contribution is 2.14. The van der Waals surface area contributed by atoms with E-state index in [9.17, 15) is 8.42 Å². The molecule has 0 heterocycles. The van der Waals surface area contributed by atoms with Gasteiger partial charge in [-0.1, -0.05) is 36.5 Å². The fraction of sp³-hybridized carbons (Fsp3) is 0.462. The molecule has 0 radical (unpaired) electrons. The van der Waals surface area contributed by atoms with Gasteiger partial charge in [-0.3, -0.25) is 0 Å². The molecular formula is C13H20N2O3S2. The quantitative estimate of drug-likeness (QED) is 0.729. The minimum Gasteiger partial charge on any atom is -0.395 e. The smallest absolute Gasteiger partial charge is 0.218 e. The van der Waals surface area contributed by atoms with E-state index in [2.05, 4.69) is 0 Å². The number of thiocarbonyl (C=S) groups is 1. The molecule has 1 rings (SSSR count). The minimum atomic E-state index is -3.46. The van der Waals surface area contributed by atoms with Crippen LogP contribution < -0.4 is 5.73 Å². The van der Waals surface area contributed by atoms with Crippen molar-refractivity contribution in [3.63, 3.8) is 0 Å². The van der Waals surface area contributed by atoms with Gasteiger partial charge < -0.3 is 10.8 Å². The van der Waals surface area contributed by atoms with Crippen LogP contribution in [0.2, 0.25) is 0 Å². The van der Waals surface area contributed by atoms with Gasteiger partial charge in [-0.05, 0) is 19.4 Å². The number of aliphatic hydroxyl groups excluding tert-OH is 1. The third kappa shape index (κ3) is 4.52. The number of hydrogen-bond acceptors (Lipinski definition) is 4. The number of rotatable bonds is 7. The van der Waals surface area contributed by atoms with Gasteiger partial charge in [0, 0.05) is 18.2 Å². The van der Waals surface area contributed by atoms with Crippen molar-refractivity contribution in [2.75, 3.05) is 13.2 Å². The Balaban J connectivity index is 2.92. The summed E-state index contributed by atoms with van der Waals surface area (Å²) in [7, 11) is -3.46. The van der Waals surface area contributed by atoms with E-state index in [4.69, 9.17) is 23.1 Å². The molecule has 0 atom stereocenters. The van der Waals surface area contributed by atoms with Crippen LogP contribution in [0, 0.1) is 0 Å². The fourth-order valence-electron chi connectivity index (χ4n) is 1.88. The molecule has 112 valence electrons. The summed E-state index contributed by atoms with van der Waals surface area (Å²) in [6.07, 6.45) is 0. The Morgan fingerprint density at radius 1 is 1.35 bits per heavy atom. The van der Waals surface area contributed by atoms with Crippen LogP contribution in [0.4, 0.5) is 0 Å². The Labute approximate surface area is 125 Å². The monoisotopic (exact) mass is 316 g/mol. The molecule has 0 amide bonds. The summed E-state index contributed by atoms with van der Waals surface area (Å²) in [6, 6.07) is 6.62. The lowest BCUT2D eigenvalue weighted by Gasteiger charge is -2.25. The van der Waals surface area contributed by atoms with E-state index in [1.165, 1.54) is 4.31 Å². The molecule has 5 nitrogen and oxygen atoms in total. The van der Waals surface area contributed by atoms with Gasteiger partial charge in [0.15, 0.2) is 0 Å². The molecule has 0 saturated carbocycles. The van der Waals surface area contributed by atoms with Gasteiger partial charge in [-0.15, -0.1) is 0 Å². The third-order valence-electron chi connectivity index (χ3n) is 2.84. The average Bonchev–Trinajstić information content (AvgIpc) is 2.35. The molecule has 1 aromatic rings. The molecule has 0 aliphatic carbocycles. The highest BCUT2D eigenvalue weighted by molar-refractivity contribution is 7.88. The van der Waals surface area contributed by atoms with Gasteiger partial charge in [0.2, 0.25) is 10.0 Å². The van der Waals surface area contributed by atoms with E-state index in [-0.39, 0.29) is 29.9 Å². The number of hydrogen-bond donors (Lipinski definition) is 2. The van der Waals surface area contributed by atoms with Crippen LogP contribution in [0.5, 0.6) is 0 Å². The first-order valence-electron chi connectivity index (χ1n) is 6.27. The first-order valence-corrected chi connectivity index (χ1v) is 8.29.